The number of allylic oxidation sites excluding steroid dienone is 2. The number of aryl methyl sites for hydroxylation is 1. The summed E-state index contributed by atoms with van der Waals surface area (Å²) in [4.78, 5) is 17.2. The van der Waals surface area contributed by atoms with Gasteiger partial charge < -0.3 is 9.52 Å². The van der Waals surface area contributed by atoms with Gasteiger partial charge in [-0.2, -0.15) is 0 Å². The molecule has 1 N–H and O–H groups in total. The Hall–Kier alpha value is -3.34. The number of aromatic nitrogens is 1. The summed E-state index contributed by atoms with van der Waals surface area (Å²) in [5.74, 6) is 0.736. The molecule has 0 saturated carbocycles. The number of ketones is 1. The number of pyridine rings is 1. The first-order chi connectivity index (χ1) is 21.9. The van der Waals surface area contributed by atoms with E-state index in [0.29, 0.717) is 17.3 Å². The maximum atomic E-state index is 13.9. The molecule has 0 fully saturated rings. The van der Waals surface area contributed by atoms with Crippen LogP contribution in [0.4, 0.5) is 4.39 Å². The molecule has 2 aromatic heterocycles. The third-order valence-corrected chi connectivity index (χ3v) is 9.49. The number of carbonyl (C=O) groups excluding carboxylic acids is 1. The van der Waals surface area contributed by atoms with E-state index in [0.717, 1.165) is 87.3 Å². The van der Waals surface area contributed by atoms with Crippen molar-refractivity contribution < 1.29 is 38.8 Å². The molecular formula is C41H49FIrNO3-. The van der Waals surface area contributed by atoms with Crippen molar-refractivity contribution in [1.29, 1.82) is 0 Å². The fraction of sp³-hybridized carbons (Fsp3) is 0.415. The van der Waals surface area contributed by atoms with Crippen molar-refractivity contribution in [2.24, 2.45) is 17.3 Å². The smallest absolute Gasteiger partial charge is 0.167 e. The van der Waals surface area contributed by atoms with Crippen LogP contribution in [0.1, 0.15) is 92.2 Å². The van der Waals surface area contributed by atoms with Gasteiger partial charge in [0, 0.05) is 47.8 Å². The van der Waals surface area contributed by atoms with Crippen LogP contribution in [0.25, 0.3) is 44.1 Å². The summed E-state index contributed by atoms with van der Waals surface area (Å²) in [6.07, 6.45) is 4.24. The third kappa shape index (κ3) is 8.21. The van der Waals surface area contributed by atoms with Gasteiger partial charge in [0.15, 0.2) is 5.78 Å². The molecule has 253 valence electrons. The van der Waals surface area contributed by atoms with Gasteiger partial charge in [-0.15, -0.1) is 17.7 Å². The quantitative estimate of drug-likeness (QED) is 0.0866. The molecule has 0 bridgehead atoms. The van der Waals surface area contributed by atoms with E-state index in [1.54, 1.807) is 19.1 Å². The van der Waals surface area contributed by atoms with Crippen molar-refractivity contribution in [2.45, 2.75) is 94.4 Å². The second kappa shape index (κ2) is 16.2. The van der Waals surface area contributed by atoms with E-state index < -0.39 is 0 Å². The molecule has 0 spiro atoms. The van der Waals surface area contributed by atoms with Gasteiger partial charge in [0.25, 0.3) is 0 Å². The molecule has 0 saturated heterocycles. The topological polar surface area (TPSA) is 63.3 Å². The van der Waals surface area contributed by atoms with Gasteiger partial charge in [0.2, 0.25) is 0 Å². The van der Waals surface area contributed by atoms with Crippen LogP contribution in [-0.2, 0) is 31.3 Å². The minimum absolute atomic E-state index is 0. The van der Waals surface area contributed by atoms with Crippen LogP contribution in [0.15, 0.2) is 70.3 Å². The van der Waals surface area contributed by atoms with Crippen molar-refractivity contribution in [2.75, 3.05) is 0 Å². The Morgan fingerprint density at radius 1 is 0.979 bits per heavy atom. The standard InChI is InChI=1S/C26H21FNO.C15H28O2.Ir/c1-15(2)10-17-13-24(28-23-9-8-18(27)14-20(17)23)22-12-16(3)11-21-19-6-4-5-7-25(19)29-26(21)22;1-7-12(8-2)13(16)11(5)14(17)15(6,9-3)10-4;/h4-9,11,13-15H,10H2,1-3H3;12,16H,7-10H2,1-6H3;/q-1;;/b;13-11-;. The van der Waals surface area contributed by atoms with Gasteiger partial charge in [-0.1, -0.05) is 90.6 Å². The number of aliphatic hydroxyl groups is 1. The van der Waals surface area contributed by atoms with Crippen LogP contribution >= 0.6 is 0 Å². The fourth-order valence-corrected chi connectivity index (χ4v) is 6.21. The van der Waals surface area contributed by atoms with Crippen LogP contribution in [0.3, 0.4) is 0 Å². The normalized spacial score (nSPS) is 12.3. The first-order valence-electron chi connectivity index (χ1n) is 16.7. The van der Waals surface area contributed by atoms with Gasteiger partial charge in [-0.05, 0) is 80.5 Å². The Labute approximate surface area is 293 Å². The second-order valence-corrected chi connectivity index (χ2v) is 13.2. The van der Waals surface area contributed by atoms with Crippen LogP contribution in [0.5, 0.6) is 0 Å². The van der Waals surface area contributed by atoms with E-state index in [4.69, 9.17) is 9.40 Å². The Balaban J connectivity index is 0.000000290. The van der Waals surface area contributed by atoms with Crippen LogP contribution in [-0.4, -0.2) is 15.9 Å². The van der Waals surface area contributed by atoms with E-state index in [2.05, 4.69) is 38.1 Å². The second-order valence-electron chi connectivity index (χ2n) is 13.2. The van der Waals surface area contributed by atoms with Crippen molar-refractivity contribution >= 4 is 38.6 Å². The number of furan rings is 1. The minimum Gasteiger partial charge on any atom is -0.512 e. The molecule has 1 radical (unpaired) electrons. The average molecular weight is 815 g/mol. The number of Topliss-reactive ketones (excluding diaryl/α,β-unsaturated/α-hetero) is 1. The third-order valence-electron chi connectivity index (χ3n) is 9.49. The van der Waals surface area contributed by atoms with E-state index in [-0.39, 0.29) is 43.0 Å². The van der Waals surface area contributed by atoms with Crippen molar-refractivity contribution in [3.63, 3.8) is 0 Å². The molecule has 0 aliphatic carbocycles. The summed E-state index contributed by atoms with van der Waals surface area (Å²) < 4.78 is 20.1. The first-order valence-corrected chi connectivity index (χ1v) is 16.7. The molecule has 0 aliphatic heterocycles. The first kappa shape index (κ1) is 38.1. The predicted octanol–water partition coefficient (Wildman–Crippen LogP) is 11.9. The van der Waals surface area contributed by atoms with E-state index in [9.17, 15) is 14.3 Å². The molecule has 47 heavy (non-hydrogen) atoms. The summed E-state index contributed by atoms with van der Waals surface area (Å²) in [6.45, 7) is 18.3. The Morgan fingerprint density at radius 2 is 1.64 bits per heavy atom. The van der Waals surface area contributed by atoms with Crippen LogP contribution < -0.4 is 0 Å². The van der Waals surface area contributed by atoms with Crippen LogP contribution in [0, 0.1) is 36.1 Å². The maximum Gasteiger partial charge on any atom is 0.167 e. The summed E-state index contributed by atoms with van der Waals surface area (Å²) in [5.41, 5.74) is 6.46. The molecule has 0 aliphatic rings. The number of rotatable bonds is 10. The summed E-state index contributed by atoms with van der Waals surface area (Å²) in [5, 5.41) is 13.2. The fourth-order valence-electron chi connectivity index (χ4n) is 6.21. The average Bonchev–Trinajstić information content (AvgIpc) is 3.42. The number of aliphatic hydroxyl groups excluding tert-OH is 1. The van der Waals surface area contributed by atoms with Gasteiger partial charge in [-0.3, -0.25) is 9.78 Å². The van der Waals surface area contributed by atoms with Crippen molar-refractivity contribution in [3.05, 3.63) is 88.9 Å². The molecule has 5 aromatic rings. The summed E-state index contributed by atoms with van der Waals surface area (Å²) >= 11 is 0. The zero-order valence-corrected chi connectivity index (χ0v) is 31.7. The molecular weight excluding hydrogens is 766 g/mol. The number of hydrogen-bond donors (Lipinski definition) is 1. The van der Waals surface area contributed by atoms with Crippen molar-refractivity contribution in [3.8, 4) is 11.3 Å². The Morgan fingerprint density at radius 3 is 2.26 bits per heavy atom. The summed E-state index contributed by atoms with van der Waals surface area (Å²) in [7, 11) is 0. The van der Waals surface area contributed by atoms with E-state index in [1.165, 1.54) is 6.07 Å². The monoisotopic (exact) mass is 815 g/mol. The molecule has 6 heteroatoms. The van der Waals surface area contributed by atoms with Crippen molar-refractivity contribution in [1.82, 2.24) is 4.98 Å². The zero-order valence-electron chi connectivity index (χ0n) is 29.3. The summed E-state index contributed by atoms with van der Waals surface area (Å²) in [6, 6.07) is 20.5. The zero-order chi connectivity index (χ0) is 33.8. The largest absolute Gasteiger partial charge is 0.512 e. The molecule has 0 amide bonds. The maximum absolute atomic E-state index is 13.9. The number of halogens is 1. The van der Waals surface area contributed by atoms with Crippen LogP contribution in [0.2, 0.25) is 0 Å². The molecule has 5 rings (SSSR count). The number of benzene rings is 3. The number of carbonyl (C=O) groups is 1. The predicted molar refractivity (Wildman–Crippen MR) is 190 cm³/mol. The van der Waals surface area contributed by atoms with Gasteiger partial charge in [-0.25, -0.2) is 4.39 Å². The van der Waals surface area contributed by atoms with Gasteiger partial charge in [0.05, 0.1) is 11.1 Å². The molecule has 3 aromatic carbocycles. The van der Waals surface area contributed by atoms with E-state index >= 15 is 0 Å². The minimum atomic E-state index is -0.329. The molecule has 0 atom stereocenters. The number of fused-ring (bicyclic) bond motifs is 4. The molecule has 2 heterocycles. The number of para-hydroxylation sites is 1. The van der Waals surface area contributed by atoms with E-state index in [1.807, 2.05) is 59.7 Å². The van der Waals surface area contributed by atoms with Gasteiger partial charge >= 0.3 is 0 Å². The number of nitrogens with zero attached hydrogens (tertiary/aromatic N) is 1. The van der Waals surface area contributed by atoms with Gasteiger partial charge in [0.1, 0.15) is 17.2 Å². The number of hydrogen-bond acceptors (Lipinski definition) is 4. The SMILES string of the molecule is CCC(CC)/C(O)=C(\C)C(=O)C(C)(CC)CC.Cc1[c-]c(-c2cc(CC(C)C)c3cc(F)ccc3n2)c2oc3ccccc3c2c1.[Ir]. The molecule has 4 nitrogen and oxygen atoms in total. The molecule has 0 unspecified atom stereocenters. The Bertz CT molecular complexity index is 1880. The Kier molecular flexibility index (Phi) is 13.1.